The van der Waals surface area contributed by atoms with Crippen molar-refractivity contribution in [3.63, 3.8) is 0 Å². The Labute approximate surface area is 117 Å². The number of amides is 1. The molecule has 1 amide bonds. The van der Waals surface area contributed by atoms with E-state index in [0.29, 0.717) is 24.8 Å². The summed E-state index contributed by atoms with van der Waals surface area (Å²) in [7, 11) is 0. The van der Waals surface area contributed by atoms with Gasteiger partial charge in [0.25, 0.3) is 0 Å². The van der Waals surface area contributed by atoms with E-state index >= 15 is 0 Å². The van der Waals surface area contributed by atoms with Crippen molar-refractivity contribution in [2.24, 2.45) is 35.3 Å². The molecule has 0 radical (unpaired) electrons. The molecule has 2 rings (SSSR count). The highest BCUT2D eigenvalue weighted by atomic mass is 16.1. The molecular weight excluding hydrogens is 236 g/mol. The molecule has 2 fully saturated rings. The van der Waals surface area contributed by atoms with Crippen molar-refractivity contribution in [2.75, 3.05) is 13.1 Å². The predicted octanol–water partition coefficient (Wildman–Crippen LogP) is 2.55. The highest BCUT2D eigenvalue weighted by molar-refractivity contribution is 5.76. The first-order valence-corrected chi connectivity index (χ1v) is 8.05. The summed E-state index contributed by atoms with van der Waals surface area (Å²) in [6, 6.07) is 0. The topological polar surface area (TPSA) is 55.1 Å². The number of rotatable bonds is 7. The van der Waals surface area contributed by atoms with Gasteiger partial charge in [0.05, 0.1) is 0 Å². The van der Waals surface area contributed by atoms with Gasteiger partial charge >= 0.3 is 0 Å². The van der Waals surface area contributed by atoms with Gasteiger partial charge in [0, 0.05) is 13.0 Å². The van der Waals surface area contributed by atoms with Gasteiger partial charge in [0.1, 0.15) is 0 Å². The van der Waals surface area contributed by atoms with Gasteiger partial charge in [0.2, 0.25) is 5.91 Å². The molecule has 110 valence electrons. The van der Waals surface area contributed by atoms with Crippen molar-refractivity contribution in [2.45, 2.75) is 52.4 Å². The standard InChI is InChI=1S/C16H30N2O/c1-11(2)5-13(9-17)8-16(19)18-10-15-7-12-3-4-14(15)6-12/h11-15H,3-10,17H2,1-2H3,(H,18,19). The second-order valence-corrected chi connectivity index (χ2v) is 7.17. The Hall–Kier alpha value is -0.570. The quantitative estimate of drug-likeness (QED) is 0.744. The number of fused-ring (bicyclic) bond motifs is 2. The van der Waals surface area contributed by atoms with Crippen LogP contribution in [-0.2, 0) is 4.79 Å². The Morgan fingerprint density at radius 3 is 2.63 bits per heavy atom. The van der Waals surface area contributed by atoms with Crippen molar-refractivity contribution in [3.8, 4) is 0 Å². The van der Waals surface area contributed by atoms with Crippen LogP contribution in [0.5, 0.6) is 0 Å². The van der Waals surface area contributed by atoms with Gasteiger partial charge in [-0.2, -0.15) is 0 Å². The Balaban J connectivity index is 1.66. The van der Waals surface area contributed by atoms with Gasteiger partial charge in [-0.05, 0) is 61.8 Å². The summed E-state index contributed by atoms with van der Waals surface area (Å²) in [5.41, 5.74) is 5.76. The normalized spacial score (nSPS) is 30.8. The first-order valence-electron chi connectivity index (χ1n) is 8.05. The zero-order valence-electron chi connectivity index (χ0n) is 12.5. The lowest BCUT2D eigenvalue weighted by Crippen LogP contribution is -2.34. The van der Waals surface area contributed by atoms with Crippen LogP contribution in [0.3, 0.4) is 0 Å². The van der Waals surface area contributed by atoms with Crippen molar-refractivity contribution in [3.05, 3.63) is 0 Å². The van der Waals surface area contributed by atoms with Gasteiger partial charge in [-0.3, -0.25) is 4.79 Å². The summed E-state index contributed by atoms with van der Waals surface area (Å²) in [6.45, 7) is 5.91. The van der Waals surface area contributed by atoms with E-state index in [1.54, 1.807) is 0 Å². The van der Waals surface area contributed by atoms with Gasteiger partial charge in [0.15, 0.2) is 0 Å². The molecule has 19 heavy (non-hydrogen) atoms. The lowest BCUT2D eigenvalue weighted by molar-refractivity contribution is -0.122. The third-order valence-corrected chi connectivity index (χ3v) is 5.06. The second kappa shape index (κ2) is 6.74. The fraction of sp³-hybridized carbons (Fsp3) is 0.938. The van der Waals surface area contributed by atoms with E-state index in [2.05, 4.69) is 19.2 Å². The Bertz CT molecular complexity index is 303. The van der Waals surface area contributed by atoms with Crippen molar-refractivity contribution < 1.29 is 4.79 Å². The summed E-state index contributed by atoms with van der Waals surface area (Å²) < 4.78 is 0. The van der Waals surface area contributed by atoms with Gasteiger partial charge in [-0.25, -0.2) is 0 Å². The van der Waals surface area contributed by atoms with Gasteiger partial charge < -0.3 is 11.1 Å². The molecular formula is C16H30N2O. The molecule has 0 heterocycles. The third-order valence-electron chi connectivity index (χ3n) is 5.06. The third kappa shape index (κ3) is 4.20. The molecule has 2 saturated carbocycles. The molecule has 2 aliphatic rings. The van der Waals surface area contributed by atoms with E-state index in [1.165, 1.54) is 25.7 Å². The molecule has 3 heteroatoms. The largest absolute Gasteiger partial charge is 0.356 e. The van der Waals surface area contributed by atoms with Crippen LogP contribution in [0.4, 0.5) is 0 Å². The van der Waals surface area contributed by atoms with E-state index < -0.39 is 0 Å². The molecule has 4 atom stereocenters. The molecule has 3 nitrogen and oxygen atoms in total. The Kier molecular flexibility index (Phi) is 5.26. The summed E-state index contributed by atoms with van der Waals surface area (Å²) >= 11 is 0. The van der Waals surface area contributed by atoms with Crippen molar-refractivity contribution in [1.82, 2.24) is 5.32 Å². The fourth-order valence-electron chi connectivity index (χ4n) is 4.14. The summed E-state index contributed by atoms with van der Waals surface area (Å²) in [5, 5.41) is 3.15. The molecule has 0 spiro atoms. The first-order chi connectivity index (χ1) is 9.08. The molecule has 0 aromatic heterocycles. The van der Waals surface area contributed by atoms with Crippen LogP contribution in [0, 0.1) is 29.6 Å². The van der Waals surface area contributed by atoms with Crippen molar-refractivity contribution in [1.29, 1.82) is 0 Å². The van der Waals surface area contributed by atoms with Crippen LogP contribution in [0.15, 0.2) is 0 Å². The maximum atomic E-state index is 12.0. The molecule has 0 aliphatic heterocycles. The average Bonchev–Trinajstić information content (AvgIpc) is 2.97. The fourth-order valence-corrected chi connectivity index (χ4v) is 4.14. The average molecular weight is 266 g/mol. The van der Waals surface area contributed by atoms with Gasteiger partial charge in [-0.1, -0.05) is 20.3 Å². The van der Waals surface area contributed by atoms with Crippen LogP contribution in [0.1, 0.15) is 52.4 Å². The Morgan fingerprint density at radius 2 is 2.11 bits per heavy atom. The predicted molar refractivity (Wildman–Crippen MR) is 78.6 cm³/mol. The smallest absolute Gasteiger partial charge is 0.220 e. The van der Waals surface area contributed by atoms with Crippen LogP contribution in [-0.4, -0.2) is 19.0 Å². The number of hydrogen-bond acceptors (Lipinski definition) is 2. The zero-order valence-corrected chi connectivity index (χ0v) is 12.5. The first kappa shape index (κ1) is 14.8. The van der Waals surface area contributed by atoms with E-state index in [-0.39, 0.29) is 5.91 Å². The second-order valence-electron chi connectivity index (χ2n) is 7.17. The minimum absolute atomic E-state index is 0.207. The summed E-state index contributed by atoms with van der Waals surface area (Å²) in [4.78, 5) is 12.0. The maximum Gasteiger partial charge on any atom is 0.220 e. The minimum Gasteiger partial charge on any atom is -0.356 e. The van der Waals surface area contributed by atoms with Crippen LogP contribution in [0.2, 0.25) is 0 Å². The van der Waals surface area contributed by atoms with E-state index in [1.807, 2.05) is 0 Å². The molecule has 0 aromatic carbocycles. The SMILES string of the molecule is CC(C)CC(CN)CC(=O)NCC1CC2CCC1C2. The van der Waals surface area contributed by atoms with E-state index in [9.17, 15) is 4.79 Å². The van der Waals surface area contributed by atoms with Crippen LogP contribution in [0.25, 0.3) is 0 Å². The molecule has 0 aromatic rings. The lowest BCUT2D eigenvalue weighted by atomic mass is 9.88. The Morgan fingerprint density at radius 1 is 1.32 bits per heavy atom. The van der Waals surface area contributed by atoms with Crippen LogP contribution < -0.4 is 11.1 Å². The minimum atomic E-state index is 0.207. The van der Waals surface area contributed by atoms with Crippen LogP contribution >= 0.6 is 0 Å². The zero-order chi connectivity index (χ0) is 13.8. The number of nitrogens with two attached hydrogens (primary N) is 1. The van der Waals surface area contributed by atoms with E-state index in [4.69, 9.17) is 5.73 Å². The highest BCUT2D eigenvalue weighted by Crippen LogP contribution is 2.47. The molecule has 3 N–H and O–H groups in total. The number of carbonyl (C=O) groups is 1. The number of nitrogens with one attached hydrogen (secondary N) is 1. The lowest BCUT2D eigenvalue weighted by Gasteiger charge is -2.22. The monoisotopic (exact) mass is 266 g/mol. The number of carbonyl (C=O) groups excluding carboxylic acids is 1. The van der Waals surface area contributed by atoms with Crippen molar-refractivity contribution >= 4 is 5.91 Å². The maximum absolute atomic E-state index is 12.0. The molecule has 2 aliphatic carbocycles. The molecule has 2 bridgehead atoms. The van der Waals surface area contributed by atoms with Gasteiger partial charge in [-0.15, -0.1) is 0 Å². The molecule has 0 saturated heterocycles. The summed E-state index contributed by atoms with van der Waals surface area (Å²) in [5.74, 6) is 3.78. The highest BCUT2D eigenvalue weighted by Gasteiger charge is 2.39. The van der Waals surface area contributed by atoms with E-state index in [0.717, 1.165) is 30.7 Å². The number of hydrogen-bond donors (Lipinski definition) is 2. The molecule has 4 unspecified atom stereocenters. The summed E-state index contributed by atoms with van der Waals surface area (Å²) in [6.07, 6.45) is 7.24.